The number of hydrazine groups is 1. The topological polar surface area (TPSA) is 114 Å². The minimum absolute atomic E-state index is 0.0162. The van der Waals surface area contributed by atoms with Gasteiger partial charge in [0.25, 0.3) is 17.7 Å². The zero-order valence-electron chi connectivity index (χ0n) is 21.1. The number of carbonyl (C=O) groups is 5. The van der Waals surface area contributed by atoms with Crippen molar-refractivity contribution >= 4 is 52.7 Å². The van der Waals surface area contributed by atoms with Crippen molar-refractivity contribution < 1.29 is 33.1 Å². The first-order valence-corrected chi connectivity index (χ1v) is 13.1. The molecule has 2 heterocycles. The smallest absolute Gasteiger partial charge is 0.379 e. The maximum absolute atomic E-state index is 13.7. The number of furan rings is 1. The molecule has 2 aliphatic rings. The van der Waals surface area contributed by atoms with Gasteiger partial charge in [0.2, 0.25) is 5.76 Å². The lowest BCUT2D eigenvalue weighted by Gasteiger charge is -2.30. The molecule has 1 aliphatic carbocycles. The number of fused-ring (bicyclic) bond motifs is 1. The Morgan fingerprint density at radius 1 is 0.975 bits per heavy atom. The van der Waals surface area contributed by atoms with E-state index in [9.17, 15) is 24.0 Å². The van der Waals surface area contributed by atoms with Gasteiger partial charge in [-0.3, -0.25) is 19.2 Å². The van der Waals surface area contributed by atoms with Crippen LogP contribution >= 0.6 is 23.2 Å². The standard InChI is InChI=1S/C29H22Cl2N2O7/c1-16-4-10-20-21(13-16)28(37)33(27(20)36)32(26(35)18-7-11-22(30)23(31)14-18)15-24(34)17-5-8-19(9-6-17)40-29(38)25-3-2-12-39-25/h2-9,11-12,14,20-21H,10,13,15H2,1H3/t20-,21-/m1/s1. The number of ketones is 1. The van der Waals surface area contributed by atoms with Crippen LogP contribution in [0.3, 0.4) is 0 Å². The van der Waals surface area contributed by atoms with Crippen molar-refractivity contribution in [1.82, 2.24) is 10.0 Å². The Kier molecular flexibility index (Phi) is 7.60. The van der Waals surface area contributed by atoms with E-state index < -0.39 is 47.9 Å². The first-order chi connectivity index (χ1) is 19.1. The average Bonchev–Trinajstić information content (AvgIpc) is 3.56. The molecule has 3 aromatic rings. The number of halogens is 2. The zero-order chi connectivity index (χ0) is 28.6. The van der Waals surface area contributed by atoms with Crippen LogP contribution in [0, 0.1) is 11.8 Å². The van der Waals surface area contributed by atoms with Gasteiger partial charge in [0, 0.05) is 11.1 Å². The van der Waals surface area contributed by atoms with Crippen molar-refractivity contribution in [2.24, 2.45) is 11.8 Å². The fourth-order valence-corrected chi connectivity index (χ4v) is 5.06. The average molecular weight is 581 g/mol. The lowest BCUT2D eigenvalue weighted by Crippen LogP contribution is -2.52. The fourth-order valence-electron chi connectivity index (χ4n) is 4.76. The molecule has 5 rings (SSSR count). The molecule has 1 saturated heterocycles. The Hall–Kier alpha value is -4.21. The number of Topliss-reactive ketones (excluding diaryl/α,β-unsaturated/α-hetero) is 1. The summed E-state index contributed by atoms with van der Waals surface area (Å²) in [7, 11) is 0. The molecule has 0 spiro atoms. The number of benzene rings is 2. The molecule has 0 N–H and O–H groups in total. The normalized spacial score (nSPS) is 18.3. The van der Waals surface area contributed by atoms with Gasteiger partial charge in [0.1, 0.15) is 12.3 Å². The number of hydrogen-bond acceptors (Lipinski definition) is 7. The third kappa shape index (κ3) is 5.30. The van der Waals surface area contributed by atoms with Gasteiger partial charge in [0.15, 0.2) is 5.78 Å². The lowest BCUT2D eigenvalue weighted by molar-refractivity contribution is -0.154. The highest BCUT2D eigenvalue weighted by atomic mass is 35.5. The maximum Gasteiger partial charge on any atom is 0.379 e. The molecular weight excluding hydrogens is 559 g/mol. The van der Waals surface area contributed by atoms with Crippen molar-refractivity contribution in [3.63, 3.8) is 0 Å². The Morgan fingerprint density at radius 2 is 1.68 bits per heavy atom. The number of carbonyl (C=O) groups excluding carboxylic acids is 5. The molecule has 11 heteroatoms. The Balaban J connectivity index is 1.40. The number of imide groups is 1. The summed E-state index contributed by atoms with van der Waals surface area (Å²) < 4.78 is 10.2. The Labute approximate surface area is 238 Å². The summed E-state index contributed by atoms with van der Waals surface area (Å²) in [6, 6.07) is 12.8. The summed E-state index contributed by atoms with van der Waals surface area (Å²) in [5.41, 5.74) is 1.20. The highest BCUT2D eigenvalue weighted by Gasteiger charge is 2.51. The first-order valence-electron chi connectivity index (χ1n) is 12.3. The van der Waals surface area contributed by atoms with E-state index in [4.69, 9.17) is 32.4 Å². The van der Waals surface area contributed by atoms with Crippen LogP contribution in [0.2, 0.25) is 10.0 Å². The van der Waals surface area contributed by atoms with E-state index in [0.717, 1.165) is 15.6 Å². The van der Waals surface area contributed by atoms with Gasteiger partial charge in [-0.2, -0.15) is 5.01 Å². The molecule has 1 aromatic heterocycles. The molecule has 9 nitrogen and oxygen atoms in total. The van der Waals surface area contributed by atoms with E-state index in [2.05, 4.69) is 0 Å². The lowest BCUT2D eigenvalue weighted by atomic mass is 9.82. The molecule has 40 heavy (non-hydrogen) atoms. The summed E-state index contributed by atoms with van der Waals surface area (Å²) in [5.74, 6) is -4.15. The van der Waals surface area contributed by atoms with E-state index in [0.29, 0.717) is 12.8 Å². The third-order valence-corrected chi connectivity index (χ3v) is 7.58. The maximum atomic E-state index is 13.7. The van der Waals surface area contributed by atoms with E-state index >= 15 is 0 Å². The molecule has 2 atom stereocenters. The SMILES string of the molecule is CC1=CC[C@H]2C(=O)N(N(CC(=O)c3ccc(OC(=O)c4ccco4)cc3)C(=O)c3ccc(Cl)c(Cl)c3)C(=O)[C@@H]2C1. The van der Waals surface area contributed by atoms with Crippen LogP contribution in [0.5, 0.6) is 5.75 Å². The second-order valence-corrected chi connectivity index (χ2v) is 10.3. The number of rotatable bonds is 7. The van der Waals surface area contributed by atoms with Crippen LogP contribution in [-0.4, -0.2) is 46.0 Å². The highest BCUT2D eigenvalue weighted by Crippen LogP contribution is 2.39. The minimum atomic E-state index is -0.763. The predicted molar refractivity (Wildman–Crippen MR) is 144 cm³/mol. The molecular formula is C29H22Cl2N2O7. The molecule has 3 amide bonds. The number of hydrogen-bond donors (Lipinski definition) is 0. The number of ether oxygens (including phenoxy) is 1. The van der Waals surface area contributed by atoms with Gasteiger partial charge < -0.3 is 9.15 Å². The van der Waals surface area contributed by atoms with Crippen LogP contribution in [0.1, 0.15) is 51.0 Å². The quantitative estimate of drug-likeness (QED) is 0.121. The van der Waals surface area contributed by atoms with Gasteiger partial charge >= 0.3 is 5.97 Å². The largest absolute Gasteiger partial charge is 0.457 e. The number of nitrogens with zero attached hydrogens (tertiary/aromatic N) is 2. The third-order valence-electron chi connectivity index (χ3n) is 6.84. The van der Waals surface area contributed by atoms with Gasteiger partial charge in [-0.1, -0.05) is 34.9 Å². The van der Waals surface area contributed by atoms with Crippen LogP contribution in [0.15, 0.2) is 76.9 Å². The number of esters is 1. The fraction of sp³-hybridized carbons (Fsp3) is 0.207. The molecule has 0 unspecified atom stereocenters. The molecule has 0 bridgehead atoms. The molecule has 0 radical (unpaired) electrons. The van der Waals surface area contributed by atoms with Gasteiger partial charge in [-0.15, -0.1) is 0 Å². The van der Waals surface area contributed by atoms with Gasteiger partial charge in [-0.05, 0) is 74.4 Å². The zero-order valence-corrected chi connectivity index (χ0v) is 22.6. The summed E-state index contributed by atoms with van der Waals surface area (Å²) in [5, 5.41) is 1.98. The second-order valence-electron chi connectivity index (χ2n) is 9.50. The molecule has 0 saturated carbocycles. The predicted octanol–water partition coefficient (Wildman–Crippen LogP) is 5.39. The first kappa shape index (κ1) is 27.4. The van der Waals surface area contributed by atoms with Crippen LogP contribution in [0.25, 0.3) is 0 Å². The number of amides is 3. The van der Waals surface area contributed by atoms with E-state index in [-0.39, 0.29) is 32.7 Å². The van der Waals surface area contributed by atoms with E-state index in [1.54, 1.807) is 6.07 Å². The summed E-state index contributed by atoms with van der Waals surface area (Å²) >= 11 is 12.1. The molecule has 204 valence electrons. The summed E-state index contributed by atoms with van der Waals surface area (Å²) in [6.07, 6.45) is 4.02. The van der Waals surface area contributed by atoms with Crippen molar-refractivity contribution in [3.05, 3.63) is 99.4 Å². The van der Waals surface area contributed by atoms with Crippen molar-refractivity contribution in [1.29, 1.82) is 0 Å². The minimum Gasteiger partial charge on any atom is -0.457 e. The molecule has 1 fully saturated rings. The van der Waals surface area contributed by atoms with Gasteiger partial charge in [0.05, 0.1) is 28.1 Å². The van der Waals surface area contributed by atoms with E-state index in [1.807, 2.05) is 13.0 Å². The second kappa shape index (κ2) is 11.1. The summed E-state index contributed by atoms with van der Waals surface area (Å²) in [6.45, 7) is 1.28. The Bertz CT molecular complexity index is 1550. The molecule has 1 aliphatic heterocycles. The van der Waals surface area contributed by atoms with Crippen LogP contribution in [0.4, 0.5) is 0 Å². The summed E-state index contributed by atoms with van der Waals surface area (Å²) in [4.78, 5) is 65.9. The number of allylic oxidation sites excluding steroid dienone is 2. The van der Waals surface area contributed by atoms with Crippen molar-refractivity contribution in [3.8, 4) is 5.75 Å². The van der Waals surface area contributed by atoms with Crippen LogP contribution < -0.4 is 4.74 Å². The van der Waals surface area contributed by atoms with Gasteiger partial charge in [-0.25, -0.2) is 9.80 Å². The van der Waals surface area contributed by atoms with Crippen molar-refractivity contribution in [2.45, 2.75) is 19.8 Å². The van der Waals surface area contributed by atoms with Crippen LogP contribution in [-0.2, 0) is 9.59 Å². The molecule has 2 aromatic carbocycles. The Morgan fingerprint density at radius 3 is 2.35 bits per heavy atom. The van der Waals surface area contributed by atoms with Crippen molar-refractivity contribution in [2.75, 3.05) is 6.54 Å². The highest BCUT2D eigenvalue weighted by molar-refractivity contribution is 6.42. The van der Waals surface area contributed by atoms with E-state index in [1.165, 1.54) is 54.8 Å². The monoisotopic (exact) mass is 580 g/mol.